The standard InChI is InChI=1S/C15H20ClN3O2/c1-11(15(21)19-9-7-18(2)8-10-19)17-14(20)12-3-5-13(16)6-4-12/h3-6,11H,7-10H2,1-2H3,(H,17,20). The third-order valence-corrected chi connectivity index (χ3v) is 3.89. The van der Waals surface area contributed by atoms with Gasteiger partial charge in [0.25, 0.3) is 5.91 Å². The summed E-state index contributed by atoms with van der Waals surface area (Å²) in [6.45, 7) is 4.86. The van der Waals surface area contributed by atoms with Crippen molar-refractivity contribution in [1.82, 2.24) is 15.1 Å². The number of likely N-dealkylation sites (N-methyl/N-ethyl adjacent to an activating group) is 1. The number of rotatable bonds is 3. The molecule has 0 saturated carbocycles. The topological polar surface area (TPSA) is 52.7 Å². The quantitative estimate of drug-likeness (QED) is 0.914. The number of carbonyl (C=O) groups is 2. The zero-order valence-electron chi connectivity index (χ0n) is 12.3. The Kier molecular flexibility index (Phi) is 5.20. The first kappa shape index (κ1) is 15.8. The Hall–Kier alpha value is -1.59. The number of benzene rings is 1. The van der Waals surface area contributed by atoms with Crippen molar-refractivity contribution in [3.63, 3.8) is 0 Å². The van der Waals surface area contributed by atoms with Gasteiger partial charge >= 0.3 is 0 Å². The van der Waals surface area contributed by atoms with Crippen molar-refractivity contribution in [2.75, 3.05) is 33.2 Å². The molecule has 1 saturated heterocycles. The molecule has 1 aliphatic heterocycles. The molecular formula is C15H20ClN3O2. The van der Waals surface area contributed by atoms with E-state index in [4.69, 9.17) is 11.6 Å². The van der Waals surface area contributed by atoms with Gasteiger partial charge in [0.1, 0.15) is 6.04 Å². The predicted molar refractivity (Wildman–Crippen MR) is 82.5 cm³/mol. The van der Waals surface area contributed by atoms with Gasteiger partial charge in [0, 0.05) is 36.8 Å². The zero-order chi connectivity index (χ0) is 15.4. The monoisotopic (exact) mass is 309 g/mol. The van der Waals surface area contributed by atoms with Crippen LogP contribution in [0.25, 0.3) is 0 Å². The second-order valence-corrected chi connectivity index (χ2v) is 5.77. The Balaban J connectivity index is 1.91. The molecule has 21 heavy (non-hydrogen) atoms. The van der Waals surface area contributed by atoms with Gasteiger partial charge in [0.05, 0.1) is 0 Å². The number of amides is 2. The molecule has 0 aliphatic carbocycles. The minimum atomic E-state index is -0.531. The Labute approximate surface area is 129 Å². The van der Waals surface area contributed by atoms with Gasteiger partial charge < -0.3 is 15.1 Å². The minimum Gasteiger partial charge on any atom is -0.341 e. The fourth-order valence-corrected chi connectivity index (χ4v) is 2.37. The summed E-state index contributed by atoms with van der Waals surface area (Å²) in [5.74, 6) is -0.299. The van der Waals surface area contributed by atoms with E-state index in [0.717, 1.165) is 13.1 Å². The van der Waals surface area contributed by atoms with E-state index in [1.54, 1.807) is 36.1 Å². The lowest BCUT2D eigenvalue weighted by atomic mass is 10.2. The molecule has 0 aromatic heterocycles. The number of hydrogen-bond donors (Lipinski definition) is 1. The average Bonchev–Trinajstić information content (AvgIpc) is 2.47. The van der Waals surface area contributed by atoms with Crippen molar-refractivity contribution in [1.29, 1.82) is 0 Å². The molecule has 1 aromatic rings. The molecule has 0 bridgehead atoms. The molecule has 5 nitrogen and oxygen atoms in total. The molecule has 1 fully saturated rings. The maximum Gasteiger partial charge on any atom is 0.251 e. The maximum atomic E-state index is 12.3. The summed E-state index contributed by atoms with van der Waals surface area (Å²) in [5, 5.41) is 3.31. The smallest absolute Gasteiger partial charge is 0.251 e. The third-order valence-electron chi connectivity index (χ3n) is 3.64. The molecule has 0 spiro atoms. The number of carbonyl (C=O) groups excluding carboxylic acids is 2. The highest BCUT2D eigenvalue weighted by Gasteiger charge is 2.24. The molecule has 2 amide bonds. The summed E-state index contributed by atoms with van der Waals surface area (Å²) >= 11 is 5.79. The molecule has 1 unspecified atom stereocenters. The van der Waals surface area contributed by atoms with E-state index in [-0.39, 0.29) is 11.8 Å². The third kappa shape index (κ3) is 4.19. The summed E-state index contributed by atoms with van der Waals surface area (Å²) in [7, 11) is 2.04. The van der Waals surface area contributed by atoms with Crippen LogP contribution in [0.3, 0.4) is 0 Å². The van der Waals surface area contributed by atoms with Crippen LogP contribution >= 0.6 is 11.6 Å². The first-order valence-corrected chi connectivity index (χ1v) is 7.39. The minimum absolute atomic E-state index is 0.0367. The highest BCUT2D eigenvalue weighted by atomic mass is 35.5. The number of halogens is 1. The van der Waals surface area contributed by atoms with Gasteiger partial charge in [-0.2, -0.15) is 0 Å². The first-order valence-electron chi connectivity index (χ1n) is 7.01. The molecule has 1 atom stereocenters. The molecule has 0 radical (unpaired) electrons. The Morgan fingerprint density at radius 3 is 2.29 bits per heavy atom. The number of piperazine rings is 1. The van der Waals surface area contributed by atoms with E-state index in [2.05, 4.69) is 10.2 Å². The van der Waals surface area contributed by atoms with Crippen LogP contribution in [0.4, 0.5) is 0 Å². The summed E-state index contributed by atoms with van der Waals surface area (Å²) < 4.78 is 0. The molecule has 114 valence electrons. The summed E-state index contributed by atoms with van der Waals surface area (Å²) in [4.78, 5) is 28.3. The highest BCUT2D eigenvalue weighted by molar-refractivity contribution is 6.30. The normalized spacial score (nSPS) is 17.4. The lowest BCUT2D eigenvalue weighted by Gasteiger charge is -2.34. The number of nitrogens with one attached hydrogen (secondary N) is 1. The van der Waals surface area contributed by atoms with Crippen LogP contribution < -0.4 is 5.32 Å². The Morgan fingerprint density at radius 2 is 1.71 bits per heavy atom. The summed E-state index contributed by atoms with van der Waals surface area (Å²) in [6.07, 6.45) is 0. The zero-order valence-corrected chi connectivity index (χ0v) is 13.1. The molecule has 2 rings (SSSR count). The molecule has 1 heterocycles. The number of hydrogen-bond acceptors (Lipinski definition) is 3. The molecule has 1 aromatic carbocycles. The number of nitrogens with zero attached hydrogens (tertiary/aromatic N) is 2. The predicted octanol–water partition coefficient (Wildman–Crippen LogP) is 1.23. The van der Waals surface area contributed by atoms with Gasteiger partial charge in [0.2, 0.25) is 5.91 Å². The second kappa shape index (κ2) is 6.91. The van der Waals surface area contributed by atoms with Gasteiger partial charge in [-0.05, 0) is 38.2 Å². The molecule has 1 N–H and O–H groups in total. The van der Waals surface area contributed by atoms with Crippen LogP contribution in [0.1, 0.15) is 17.3 Å². The van der Waals surface area contributed by atoms with Crippen molar-refractivity contribution in [3.05, 3.63) is 34.9 Å². The van der Waals surface area contributed by atoms with Crippen molar-refractivity contribution >= 4 is 23.4 Å². The van der Waals surface area contributed by atoms with Gasteiger partial charge in [-0.1, -0.05) is 11.6 Å². The SMILES string of the molecule is CC(NC(=O)c1ccc(Cl)cc1)C(=O)N1CCN(C)CC1. The van der Waals surface area contributed by atoms with Crippen LogP contribution in [0, 0.1) is 0 Å². The van der Waals surface area contributed by atoms with Gasteiger partial charge in [-0.15, -0.1) is 0 Å². The summed E-state index contributed by atoms with van der Waals surface area (Å²) in [6, 6.07) is 6.07. The van der Waals surface area contributed by atoms with E-state index in [1.165, 1.54) is 0 Å². The first-order chi connectivity index (χ1) is 9.97. The van der Waals surface area contributed by atoms with Crippen LogP contribution in [-0.4, -0.2) is 60.9 Å². The second-order valence-electron chi connectivity index (χ2n) is 5.33. The van der Waals surface area contributed by atoms with Crippen LogP contribution in [-0.2, 0) is 4.79 Å². The van der Waals surface area contributed by atoms with Gasteiger partial charge in [-0.25, -0.2) is 0 Å². The van der Waals surface area contributed by atoms with E-state index >= 15 is 0 Å². The lowest BCUT2D eigenvalue weighted by molar-refractivity contribution is -0.134. The van der Waals surface area contributed by atoms with Gasteiger partial charge in [-0.3, -0.25) is 9.59 Å². The lowest BCUT2D eigenvalue weighted by Crippen LogP contribution is -2.53. The van der Waals surface area contributed by atoms with Crippen molar-refractivity contribution in [2.45, 2.75) is 13.0 Å². The van der Waals surface area contributed by atoms with E-state index in [0.29, 0.717) is 23.7 Å². The van der Waals surface area contributed by atoms with E-state index < -0.39 is 6.04 Å². The fourth-order valence-electron chi connectivity index (χ4n) is 2.24. The average molecular weight is 310 g/mol. The maximum absolute atomic E-state index is 12.3. The molecular weight excluding hydrogens is 290 g/mol. The summed E-state index contributed by atoms with van der Waals surface area (Å²) in [5.41, 5.74) is 0.498. The Morgan fingerprint density at radius 1 is 1.14 bits per heavy atom. The van der Waals surface area contributed by atoms with Crippen LogP contribution in [0.2, 0.25) is 5.02 Å². The van der Waals surface area contributed by atoms with Crippen LogP contribution in [0.5, 0.6) is 0 Å². The van der Waals surface area contributed by atoms with E-state index in [9.17, 15) is 9.59 Å². The van der Waals surface area contributed by atoms with Crippen molar-refractivity contribution in [3.8, 4) is 0 Å². The fraction of sp³-hybridized carbons (Fsp3) is 0.467. The Bertz CT molecular complexity index is 510. The van der Waals surface area contributed by atoms with Crippen molar-refractivity contribution < 1.29 is 9.59 Å². The highest BCUT2D eigenvalue weighted by Crippen LogP contribution is 2.10. The molecule has 1 aliphatic rings. The molecule has 6 heteroatoms. The van der Waals surface area contributed by atoms with Crippen molar-refractivity contribution in [2.24, 2.45) is 0 Å². The van der Waals surface area contributed by atoms with Crippen LogP contribution in [0.15, 0.2) is 24.3 Å². The largest absolute Gasteiger partial charge is 0.341 e. The van der Waals surface area contributed by atoms with Gasteiger partial charge in [0.15, 0.2) is 0 Å². The van der Waals surface area contributed by atoms with E-state index in [1.807, 2.05) is 7.05 Å².